The average molecular weight is 274 g/mol. The molecule has 2 rings (SSSR count). The van der Waals surface area contributed by atoms with Gasteiger partial charge < -0.3 is 10.2 Å². The van der Waals surface area contributed by atoms with E-state index >= 15 is 0 Å². The van der Waals surface area contributed by atoms with Gasteiger partial charge in [0.15, 0.2) is 0 Å². The number of nitrogens with zero attached hydrogens (tertiary/aromatic N) is 1. The third-order valence-electron chi connectivity index (χ3n) is 4.38. The molecule has 0 radical (unpaired) electrons. The van der Waals surface area contributed by atoms with Crippen molar-refractivity contribution >= 4 is 5.69 Å². The van der Waals surface area contributed by atoms with Gasteiger partial charge >= 0.3 is 0 Å². The van der Waals surface area contributed by atoms with Crippen molar-refractivity contribution in [3.63, 3.8) is 0 Å². The molecule has 1 fully saturated rings. The van der Waals surface area contributed by atoms with Gasteiger partial charge in [0.25, 0.3) is 0 Å². The second-order valence-corrected chi connectivity index (χ2v) is 6.33. The van der Waals surface area contributed by atoms with Crippen molar-refractivity contribution in [1.82, 2.24) is 5.32 Å². The molecule has 0 spiro atoms. The van der Waals surface area contributed by atoms with Crippen molar-refractivity contribution in [2.45, 2.75) is 59.5 Å². The number of hydrogen-bond donors (Lipinski definition) is 1. The van der Waals surface area contributed by atoms with Crippen LogP contribution in [0.15, 0.2) is 18.2 Å². The second-order valence-electron chi connectivity index (χ2n) is 6.33. The number of aryl methyl sites for hydroxylation is 1. The van der Waals surface area contributed by atoms with Gasteiger partial charge in [-0.05, 0) is 49.8 Å². The third-order valence-corrected chi connectivity index (χ3v) is 4.38. The van der Waals surface area contributed by atoms with Crippen LogP contribution >= 0.6 is 0 Å². The van der Waals surface area contributed by atoms with Crippen LogP contribution in [0.25, 0.3) is 0 Å². The molecule has 1 saturated carbocycles. The molecule has 0 saturated heterocycles. The molecule has 1 aliphatic carbocycles. The normalized spacial score (nSPS) is 16.2. The Labute approximate surface area is 124 Å². The van der Waals surface area contributed by atoms with Gasteiger partial charge in [-0.25, -0.2) is 0 Å². The van der Waals surface area contributed by atoms with Gasteiger partial charge in [0.1, 0.15) is 0 Å². The molecule has 0 heterocycles. The first-order valence-corrected chi connectivity index (χ1v) is 8.21. The number of benzene rings is 1. The van der Waals surface area contributed by atoms with Crippen molar-refractivity contribution in [2.75, 3.05) is 18.0 Å². The summed E-state index contributed by atoms with van der Waals surface area (Å²) < 4.78 is 0. The van der Waals surface area contributed by atoms with E-state index in [2.05, 4.69) is 56.1 Å². The van der Waals surface area contributed by atoms with Crippen molar-refractivity contribution in [2.24, 2.45) is 5.92 Å². The summed E-state index contributed by atoms with van der Waals surface area (Å²) in [5.41, 5.74) is 4.23. The molecular weight excluding hydrogens is 244 g/mol. The van der Waals surface area contributed by atoms with Crippen LogP contribution in [0.5, 0.6) is 0 Å². The Bertz CT molecular complexity index is 423. The summed E-state index contributed by atoms with van der Waals surface area (Å²) in [6.45, 7) is 12.4. The molecule has 0 amide bonds. The highest BCUT2D eigenvalue weighted by Gasteiger charge is 2.20. The van der Waals surface area contributed by atoms with E-state index in [1.54, 1.807) is 0 Å². The van der Waals surface area contributed by atoms with Gasteiger partial charge in [-0.2, -0.15) is 0 Å². The van der Waals surface area contributed by atoms with Crippen LogP contribution < -0.4 is 10.2 Å². The summed E-state index contributed by atoms with van der Waals surface area (Å²) in [5.74, 6) is 0.755. The van der Waals surface area contributed by atoms with E-state index in [1.807, 2.05) is 0 Å². The zero-order valence-electron chi connectivity index (χ0n) is 13.6. The molecule has 1 aliphatic rings. The largest absolute Gasteiger partial charge is 0.371 e. The van der Waals surface area contributed by atoms with E-state index in [4.69, 9.17) is 0 Å². The Balaban J connectivity index is 2.01. The minimum Gasteiger partial charge on any atom is -0.371 e. The fourth-order valence-electron chi connectivity index (χ4n) is 2.64. The van der Waals surface area contributed by atoms with Crippen molar-refractivity contribution in [3.05, 3.63) is 29.3 Å². The molecule has 2 nitrogen and oxygen atoms in total. The van der Waals surface area contributed by atoms with Gasteiger partial charge in [0.05, 0.1) is 0 Å². The maximum atomic E-state index is 3.59. The highest BCUT2D eigenvalue weighted by Crippen LogP contribution is 2.24. The predicted octanol–water partition coefficient (Wildman–Crippen LogP) is 4.12. The van der Waals surface area contributed by atoms with Crippen LogP contribution in [0.3, 0.4) is 0 Å². The molecular formula is C18H30N2. The minimum absolute atomic E-state index is 0.755. The van der Waals surface area contributed by atoms with Crippen molar-refractivity contribution in [3.8, 4) is 0 Å². The molecule has 112 valence electrons. The zero-order valence-corrected chi connectivity index (χ0v) is 13.6. The van der Waals surface area contributed by atoms with E-state index < -0.39 is 0 Å². The molecule has 1 atom stereocenters. The summed E-state index contributed by atoms with van der Waals surface area (Å²) in [6.07, 6.45) is 3.96. The monoisotopic (exact) mass is 274 g/mol. The maximum absolute atomic E-state index is 3.59. The molecule has 20 heavy (non-hydrogen) atoms. The lowest BCUT2D eigenvalue weighted by Gasteiger charge is -2.28. The summed E-state index contributed by atoms with van der Waals surface area (Å²) in [4.78, 5) is 2.52. The van der Waals surface area contributed by atoms with Crippen LogP contribution in [0.2, 0.25) is 0 Å². The van der Waals surface area contributed by atoms with E-state index in [1.165, 1.54) is 36.1 Å². The van der Waals surface area contributed by atoms with Crippen LogP contribution in [-0.2, 0) is 6.54 Å². The molecule has 1 N–H and O–H groups in total. The first kappa shape index (κ1) is 15.4. The molecule has 0 aromatic heterocycles. The first-order chi connectivity index (χ1) is 9.63. The standard InChI is InChI=1S/C18H30N2/c1-5-14(3)13-20(6-2)18-10-7-16(11-15(18)4)12-19-17-8-9-17/h7,10-11,14,17,19H,5-6,8-9,12-13H2,1-4H3. The van der Waals surface area contributed by atoms with Crippen LogP contribution in [0, 0.1) is 12.8 Å². The highest BCUT2D eigenvalue weighted by atomic mass is 15.1. The molecule has 1 aromatic carbocycles. The number of rotatable bonds is 8. The van der Waals surface area contributed by atoms with Gasteiger partial charge in [-0.15, -0.1) is 0 Å². The van der Waals surface area contributed by atoms with Crippen LogP contribution in [-0.4, -0.2) is 19.1 Å². The van der Waals surface area contributed by atoms with E-state index in [0.717, 1.165) is 31.6 Å². The summed E-state index contributed by atoms with van der Waals surface area (Å²) in [5, 5.41) is 3.59. The van der Waals surface area contributed by atoms with E-state index in [-0.39, 0.29) is 0 Å². The van der Waals surface area contributed by atoms with Gasteiger partial charge in [0.2, 0.25) is 0 Å². The highest BCUT2D eigenvalue weighted by molar-refractivity contribution is 5.54. The maximum Gasteiger partial charge on any atom is 0.0396 e. The van der Waals surface area contributed by atoms with Crippen molar-refractivity contribution in [1.29, 1.82) is 0 Å². The Morgan fingerprint density at radius 3 is 2.60 bits per heavy atom. The SMILES string of the molecule is CCC(C)CN(CC)c1ccc(CNC2CC2)cc1C. The van der Waals surface area contributed by atoms with Crippen molar-refractivity contribution < 1.29 is 0 Å². The Hall–Kier alpha value is -1.02. The van der Waals surface area contributed by atoms with Gasteiger partial charge in [-0.3, -0.25) is 0 Å². The quantitative estimate of drug-likeness (QED) is 0.767. The summed E-state index contributed by atoms with van der Waals surface area (Å²) in [7, 11) is 0. The lowest BCUT2D eigenvalue weighted by Crippen LogP contribution is -2.28. The lowest BCUT2D eigenvalue weighted by molar-refractivity contribution is 0.547. The molecule has 1 unspecified atom stereocenters. The Kier molecular flexibility index (Phi) is 5.47. The number of anilines is 1. The van der Waals surface area contributed by atoms with Gasteiger partial charge in [-0.1, -0.05) is 32.4 Å². The lowest BCUT2D eigenvalue weighted by atomic mass is 10.1. The summed E-state index contributed by atoms with van der Waals surface area (Å²) in [6, 6.07) is 7.74. The predicted molar refractivity (Wildman–Crippen MR) is 88.4 cm³/mol. The van der Waals surface area contributed by atoms with Crippen LogP contribution in [0.4, 0.5) is 5.69 Å². The fraction of sp³-hybridized carbons (Fsp3) is 0.667. The number of hydrogen-bond acceptors (Lipinski definition) is 2. The zero-order chi connectivity index (χ0) is 14.5. The number of nitrogens with one attached hydrogen (secondary N) is 1. The first-order valence-electron chi connectivity index (χ1n) is 8.21. The fourth-order valence-corrected chi connectivity index (χ4v) is 2.64. The molecule has 2 heteroatoms. The Morgan fingerprint density at radius 1 is 1.30 bits per heavy atom. The average Bonchev–Trinajstić information content (AvgIpc) is 3.27. The van der Waals surface area contributed by atoms with Crippen LogP contribution in [0.1, 0.15) is 51.2 Å². The third kappa shape index (κ3) is 4.24. The molecule has 1 aromatic rings. The van der Waals surface area contributed by atoms with E-state index in [0.29, 0.717) is 0 Å². The van der Waals surface area contributed by atoms with E-state index in [9.17, 15) is 0 Å². The smallest absolute Gasteiger partial charge is 0.0396 e. The molecule has 0 bridgehead atoms. The molecule has 0 aliphatic heterocycles. The minimum atomic E-state index is 0.755. The summed E-state index contributed by atoms with van der Waals surface area (Å²) >= 11 is 0. The Morgan fingerprint density at radius 2 is 2.05 bits per heavy atom. The van der Waals surface area contributed by atoms with Gasteiger partial charge in [0, 0.05) is 31.4 Å². The topological polar surface area (TPSA) is 15.3 Å². The second kappa shape index (κ2) is 7.12.